The Bertz CT molecular complexity index is 1060. The maximum Gasteiger partial charge on any atom is 0.251 e. The van der Waals surface area contributed by atoms with Gasteiger partial charge in [-0.2, -0.15) is 0 Å². The van der Waals surface area contributed by atoms with E-state index in [9.17, 15) is 4.79 Å². The minimum Gasteiger partial charge on any atom is -0.494 e. The lowest BCUT2D eigenvalue weighted by atomic mass is 10.2. The third-order valence-corrected chi connectivity index (χ3v) is 7.16. The number of carbonyl (C=O) groups excluding carboxylic acids is 1. The fourth-order valence-corrected chi connectivity index (χ4v) is 5.08. The van der Waals surface area contributed by atoms with Crippen LogP contribution in [0.15, 0.2) is 42.5 Å². The van der Waals surface area contributed by atoms with Crippen LogP contribution in [0.1, 0.15) is 36.5 Å². The van der Waals surface area contributed by atoms with Crippen molar-refractivity contribution in [1.82, 2.24) is 15.2 Å². The lowest BCUT2D eigenvalue weighted by molar-refractivity contribution is 0.0947. The van der Waals surface area contributed by atoms with E-state index in [1.165, 1.54) is 12.8 Å². The number of amides is 1. The van der Waals surface area contributed by atoms with Gasteiger partial charge in [0, 0.05) is 44.8 Å². The van der Waals surface area contributed by atoms with Gasteiger partial charge in [0.25, 0.3) is 5.91 Å². The summed E-state index contributed by atoms with van der Waals surface area (Å²) >= 11 is 1.71. The van der Waals surface area contributed by atoms with E-state index in [0.29, 0.717) is 12.1 Å². The SMILES string of the molecule is CCCCCOc1ccc(C(=O)NCCN2CCN(c3nc4c(OC)cccc4s3)CC2)cc1. The van der Waals surface area contributed by atoms with E-state index < -0.39 is 0 Å². The van der Waals surface area contributed by atoms with Crippen LogP contribution in [0, 0.1) is 0 Å². The minimum absolute atomic E-state index is 0.0420. The number of methoxy groups -OCH3 is 1. The number of hydrogen-bond donors (Lipinski definition) is 1. The molecule has 0 aliphatic carbocycles. The molecule has 34 heavy (non-hydrogen) atoms. The van der Waals surface area contributed by atoms with Crippen LogP contribution in [0.2, 0.25) is 0 Å². The Morgan fingerprint density at radius 3 is 2.62 bits per heavy atom. The number of aromatic nitrogens is 1. The van der Waals surface area contributed by atoms with E-state index in [1.807, 2.05) is 36.4 Å². The van der Waals surface area contributed by atoms with Crippen molar-refractivity contribution in [2.24, 2.45) is 0 Å². The summed E-state index contributed by atoms with van der Waals surface area (Å²) in [6, 6.07) is 13.5. The van der Waals surface area contributed by atoms with Gasteiger partial charge >= 0.3 is 0 Å². The van der Waals surface area contributed by atoms with Gasteiger partial charge in [0.2, 0.25) is 0 Å². The standard InChI is InChI=1S/C26H34N4O3S/c1-3-4-5-19-33-21-11-9-20(10-12-21)25(31)27-13-14-29-15-17-30(18-16-29)26-28-24-22(32-2)7-6-8-23(24)34-26/h6-12H,3-5,13-19H2,1-2H3,(H,27,31). The highest BCUT2D eigenvalue weighted by Crippen LogP contribution is 2.34. The summed E-state index contributed by atoms with van der Waals surface area (Å²) in [4.78, 5) is 22.0. The molecule has 1 fully saturated rings. The molecule has 0 bridgehead atoms. The Morgan fingerprint density at radius 1 is 1.09 bits per heavy atom. The molecular weight excluding hydrogens is 448 g/mol. The molecule has 1 amide bonds. The molecule has 1 saturated heterocycles. The maximum atomic E-state index is 12.5. The number of ether oxygens (including phenoxy) is 2. The first-order chi connectivity index (χ1) is 16.7. The molecule has 182 valence electrons. The smallest absolute Gasteiger partial charge is 0.251 e. The number of carbonyl (C=O) groups is 1. The Balaban J connectivity index is 1.18. The summed E-state index contributed by atoms with van der Waals surface area (Å²) in [5.74, 6) is 1.60. The van der Waals surface area contributed by atoms with Crippen molar-refractivity contribution in [2.75, 3.05) is 57.9 Å². The number of thiazole rings is 1. The first kappa shape index (κ1) is 24.3. The Hall–Kier alpha value is -2.84. The average molecular weight is 483 g/mol. The number of anilines is 1. The van der Waals surface area contributed by atoms with E-state index in [-0.39, 0.29) is 5.91 Å². The minimum atomic E-state index is -0.0420. The van der Waals surface area contributed by atoms with Gasteiger partial charge in [-0.05, 0) is 42.8 Å². The molecule has 0 saturated carbocycles. The summed E-state index contributed by atoms with van der Waals surface area (Å²) in [7, 11) is 1.68. The van der Waals surface area contributed by atoms with Crippen LogP contribution in [0.5, 0.6) is 11.5 Å². The number of para-hydroxylation sites is 1. The normalized spacial score (nSPS) is 14.4. The third kappa shape index (κ3) is 6.18. The molecule has 1 aromatic heterocycles. The number of nitrogens with one attached hydrogen (secondary N) is 1. The molecule has 0 atom stereocenters. The second kappa shape index (κ2) is 12.0. The molecule has 1 N–H and O–H groups in total. The van der Waals surface area contributed by atoms with Gasteiger partial charge in [0.15, 0.2) is 5.13 Å². The van der Waals surface area contributed by atoms with E-state index in [0.717, 1.165) is 72.6 Å². The second-order valence-electron chi connectivity index (χ2n) is 8.47. The second-order valence-corrected chi connectivity index (χ2v) is 9.48. The van der Waals surface area contributed by atoms with Crippen molar-refractivity contribution < 1.29 is 14.3 Å². The Morgan fingerprint density at radius 2 is 1.88 bits per heavy atom. The van der Waals surface area contributed by atoms with E-state index in [4.69, 9.17) is 14.5 Å². The number of fused-ring (bicyclic) bond motifs is 1. The van der Waals surface area contributed by atoms with Gasteiger partial charge in [0.05, 0.1) is 18.4 Å². The molecule has 0 radical (unpaired) electrons. The summed E-state index contributed by atoms with van der Waals surface area (Å²) < 4.78 is 12.3. The Labute approximate surface area is 205 Å². The summed E-state index contributed by atoms with van der Waals surface area (Å²) in [5, 5.41) is 4.09. The molecule has 1 aliphatic heterocycles. The largest absolute Gasteiger partial charge is 0.494 e. The van der Waals surface area contributed by atoms with Crippen molar-refractivity contribution in [3.8, 4) is 11.5 Å². The van der Waals surface area contributed by atoms with Gasteiger partial charge in [-0.25, -0.2) is 4.98 Å². The number of rotatable bonds is 11. The first-order valence-electron chi connectivity index (χ1n) is 12.1. The van der Waals surface area contributed by atoms with Crippen LogP contribution in [-0.2, 0) is 0 Å². The molecule has 1 aliphatic rings. The molecule has 8 heteroatoms. The van der Waals surface area contributed by atoms with Crippen LogP contribution in [-0.4, -0.2) is 68.8 Å². The molecule has 0 spiro atoms. The molecule has 3 aromatic rings. The van der Waals surface area contributed by atoms with Crippen LogP contribution < -0.4 is 19.7 Å². The van der Waals surface area contributed by atoms with Gasteiger partial charge in [-0.15, -0.1) is 0 Å². The van der Waals surface area contributed by atoms with Crippen molar-refractivity contribution in [1.29, 1.82) is 0 Å². The molecule has 4 rings (SSSR count). The fourth-order valence-electron chi connectivity index (χ4n) is 4.05. The zero-order chi connectivity index (χ0) is 23.8. The average Bonchev–Trinajstić information content (AvgIpc) is 3.32. The van der Waals surface area contributed by atoms with Crippen LogP contribution in [0.3, 0.4) is 0 Å². The highest BCUT2D eigenvalue weighted by atomic mass is 32.1. The van der Waals surface area contributed by atoms with Gasteiger partial charge in [-0.1, -0.05) is 37.2 Å². The quantitative estimate of drug-likeness (QED) is 0.408. The summed E-state index contributed by atoms with van der Waals surface area (Å²) in [5.41, 5.74) is 1.60. The van der Waals surface area contributed by atoms with Crippen molar-refractivity contribution in [3.63, 3.8) is 0 Å². The van der Waals surface area contributed by atoms with Crippen LogP contribution >= 0.6 is 11.3 Å². The fraction of sp³-hybridized carbons (Fsp3) is 0.462. The predicted octanol–water partition coefficient (Wildman–Crippen LogP) is 4.43. The van der Waals surface area contributed by atoms with Gasteiger partial charge in [-0.3, -0.25) is 9.69 Å². The number of hydrogen-bond acceptors (Lipinski definition) is 7. The van der Waals surface area contributed by atoms with Gasteiger partial charge in [0.1, 0.15) is 17.0 Å². The molecule has 0 unspecified atom stereocenters. The summed E-state index contributed by atoms with van der Waals surface area (Å²) in [6.45, 7) is 8.12. The van der Waals surface area contributed by atoms with E-state index >= 15 is 0 Å². The lowest BCUT2D eigenvalue weighted by Crippen LogP contribution is -2.48. The zero-order valence-corrected chi connectivity index (χ0v) is 20.9. The first-order valence-corrected chi connectivity index (χ1v) is 12.9. The molecule has 7 nitrogen and oxygen atoms in total. The van der Waals surface area contributed by atoms with E-state index in [1.54, 1.807) is 18.4 Å². The monoisotopic (exact) mass is 482 g/mol. The Kier molecular flexibility index (Phi) is 8.60. The summed E-state index contributed by atoms with van der Waals surface area (Å²) in [6.07, 6.45) is 3.41. The van der Waals surface area contributed by atoms with Crippen molar-refractivity contribution in [3.05, 3.63) is 48.0 Å². The molecule has 2 heterocycles. The number of unbranched alkanes of at least 4 members (excludes halogenated alkanes) is 2. The van der Waals surface area contributed by atoms with Crippen LogP contribution in [0.25, 0.3) is 10.2 Å². The third-order valence-electron chi connectivity index (χ3n) is 6.08. The highest BCUT2D eigenvalue weighted by molar-refractivity contribution is 7.22. The molecular formula is C26H34N4O3S. The molecule has 2 aromatic carbocycles. The topological polar surface area (TPSA) is 66.9 Å². The zero-order valence-electron chi connectivity index (χ0n) is 20.1. The van der Waals surface area contributed by atoms with Crippen LogP contribution in [0.4, 0.5) is 5.13 Å². The lowest BCUT2D eigenvalue weighted by Gasteiger charge is -2.34. The number of benzene rings is 2. The number of piperazine rings is 1. The highest BCUT2D eigenvalue weighted by Gasteiger charge is 2.20. The number of nitrogens with zero attached hydrogens (tertiary/aromatic N) is 3. The van der Waals surface area contributed by atoms with Crippen molar-refractivity contribution >= 4 is 32.6 Å². The van der Waals surface area contributed by atoms with E-state index in [2.05, 4.69) is 28.1 Å². The maximum absolute atomic E-state index is 12.5. The van der Waals surface area contributed by atoms with Crippen molar-refractivity contribution in [2.45, 2.75) is 26.2 Å². The predicted molar refractivity (Wildman–Crippen MR) is 139 cm³/mol. The van der Waals surface area contributed by atoms with Gasteiger partial charge < -0.3 is 19.7 Å².